The second-order valence-electron chi connectivity index (χ2n) is 7.77. The molecule has 0 radical (unpaired) electrons. The van der Waals surface area contributed by atoms with Crippen molar-refractivity contribution in [3.8, 4) is 0 Å². The third-order valence-corrected chi connectivity index (χ3v) is 5.39. The molecule has 0 amide bonds. The van der Waals surface area contributed by atoms with E-state index in [-0.39, 0.29) is 33.1 Å². The zero-order chi connectivity index (χ0) is 24.4. The Hall–Kier alpha value is -1.18. The molecular weight excluding hydrogens is 627 g/mol. The number of esters is 1. The molecule has 0 bridgehead atoms. The standard InChI is InChI=1S/C13H20O11.C6H14N2.Pt/c1-22-13-10(17)9(16)8(15)6(24-13)4-23-7(14)3-2-5(11(18)19)12(20)21;7-5-3-1-2-4-6(5)8;/h5-6,8-10,13,15-17H,2-4H2,1H3,(H,18,19)(H,20,21);5-6H,1-4,7-8H2;/q;;+2/p-2/t6-,8-,9+,10-,13+;5-,6-;/m11./s1. The van der Waals surface area contributed by atoms with Crippen LogP contribution in [0.25, 0.3) is 0 Å². The smallest absolute Gasteiger partial charge is 0.549 e. The van der Waals surface area contributed by atoms with Gasteiger partial charge in [0.2, 0.25) is 0 Å². The Morgan fingerprint density at radius 3 is 1.94 bits per heavy atom. The van der Waals surface area contributed by atoms with Crippen LogP contribution in [0.2, 0.25) is 0 Å². The minimum absolute atomic E-state index is 0. The summed E-state index contributed by atoms with van der Waals surface area (Å²) in [7, 11) is 1.20. The minimum Gasteiger partial charge on any atom is -0.549 e. The van der Waals surface area contributed by atoms with Crippen molar-refractivity contribution in [1.82, 2.24) is 0 Å². The summed E-state index contributed by atoms with van der Waals surface area (Å²) in [5.74, 6) is -6.67. The predicted molar refractivity (Wildman–Crippen MR) is 102 cm³/mol. The number of hydrogen-bond donors (Lipinski definition) is 5. The van der Waals surface area contributed by atoms with E-state index in [4.69, 9.17) is 25.7 Å². The molecule has 1 saturated carbocycles. The van der Waals surface area contributed by atoms with Gasteiger partial charge in [0, 0.05) is 31.5 Å². The second kappa shape index (κ2) is 15.7. The topological polar surface area (TPSA) is 238 Å². The largest absolute Gasteiger partial charge is 2.00 e. The van der Waals surface area contributed by atoms with E-state index >= 15 is 0 Å². The third kappa shape index (κ3) is 10.3. The summed E-state index contributed by atoms with van der Waals surface area (Å²) in [6, 6.07) is 0.562. The number of carboxylic acids is 2. The Morgan fingerprint density at radius 1 is 1.00 bits per heavy atom. The molecule has 14 heteroatoms. The number of nitrogens with two attached hydrogens (primary N) is 2. The first-order chi connectivity index (χ1) is 15.0. The van der Waals surface area contributed by atoms with Crippen LogP contribution in [0.15, 0.2) is 0 Å². The molecule has 1 aliphatic carbocycles. The van der Waals surface area contributed by atoms with E-state index in [1.54, 1.807) is 0 Å². The van der Waals surface area contributed by atoms with Crippen molar-refractivity contribution >= 4 is 17.9 Å². The summed E-state index contributed by atoms with van der Waals surface area (Å²) in [5, 5.41) is 50.0. The molecule has 0 spiro atoms. The Kier molecular flexibility index (Phi) is 15.1. The second-order valence-corrected chi connectivity index (χ2v) is 7.77. The molecule has 194 valence electrons. The Labute approximate surface area is 205 Å². The van der Waals surface area contributed by atoms with Gasteiger partial charge in [0.05, 0.1) is 11.9 Å². The Bertz CT molecular complexity index is 601. The summed E-state index contributed by atoms with van der Waals surface area (Å²) >= 11 is 0. The van der Waals surface area contributed by atoms with Gasteiger partial charge in [-0.2, -0.15) is 0 Å². The number of carboxylic acid groups (broad SMARTS) is 2. The van der Waals surface area contributed by atoms with Crippen molar-refractivity contribution in [3.05, 3.63) is 0 Å². The van der Waals surface area contributed by atoms with Crippen molar-refractivity contribution in [3.63, 3.8) is 0 Å². The van der Waals surface area contributed by atoms with E-state index < -0.39 is 74.0 Å². The van der Waals surface area contributed by atoms with Gasteiger partial charge in [-0.1, -0.05) is 12.8 Å². The Balaban J connectivity index is 0.000000956. The number of methoxy groups -OCH3 is 1. The molecule has 2 rings (SSSR count). The monoisotopic (exact) mass is 659 g/mol. The van der Waals surface area contributed by atoms with Crippen LogP contribution in [0, 0.1) is 5.92 Å². The van der Waals surface area contributed by atoms with E-state index in [1.807, 2.05) is 0 Å². The summed E-state index contributed by atoms with van der Waals surface area (Å²) in [6.45, 7) is -0.523. The zero-order valence-corrected chi connectivity index (χ0v) is 20.4. The first-order valence-electron chi connectivity index (χ1n) is 10.3. The van der Waals surface area contributed by atoms with Crippen LogP contribution >= 0.6 is 0 Å². The molecule has 2 fully saturated rings. The number of aliphatic carboxylic acids is 2. The fourth-order valence-electron chi connectivity index (χ4n) is 3.28. The summed E-state index contributed by atoms with van der Waals surface area (Å²) in [5.41, 5.74) is 11.3. The van der Waals surface area contributed by atoms with Gasteiger partial charge in [-0.05, 0) is 19.3 Å². The molecule has 2 aliphatic rings. The van der Waals surface area contributed by atoms with Crippen LogP contribution in [0.5, 0.6) is 0 Å². The number of ether oxygens (including phenoxy) is 3. The number of carbonyl (C=O) groups excluding carboxylic acids is 3. The number of carbonyl (C=O) groups is 3. The molecular formula is C19H32N2O11Pt. The molecule has 33 heavy (non-hydrogen) atoms. The maximum Gasteiger partial charge on any atom is 2.00 e. The molecule has 7 N–H and O–H groups in total. The van der Waals surface area contributed by atoms with Gasteiger partial charge in [0.15, 0.2) is 6.29 Å². The molecule has 0 unspecified atom stereocenters. The van der Waals surface area contributed by atoms with Gasteiger partial charge in [-0.15, -0.1) is 0 Å². The first-order valence-corrected chi connectivity index (χ1v) is 10.3. The van der Waals surface area contributed by atoms with Crippen LogP contribution < -0.4 is 21.7 Å². The van der Waals surface area contributed by atoms with E-state index in [1.165, 1.54) is 20.0 Å². The number of rotatable bonds is 8. The Morgan fingerprint density at radius 2 is 1.52 bits per heavy atom. The molecule has 0 aromatic rings. The quantitative estimate of drug-likeness (QED) is 0.122. The number of aliphatic hydroxyl groups excluding tert-OH is 3. The molecule has 1 saturated heterocycles. The average molecular weight is 660 g/mol. The van der Waals surface area contributed by atoms with Crippen LogP contribution in [-0.2, 0) is 49.7 Å². The van der Waals surface area contributed by atoms with Gasteiger partial charge in [0.1, 0.15) is 31.0 Å². The van der Waals surface area contributed by atoms with Crippen molar-refractivity contribution in [2.24, 2.45) is 17.4 Å². The van der Waals surface area contributed by atoms with Gasteiger partial charge in [-0.3, -0.25) is 4.79 Å². The zero-order valence-electron chi connectivity index (χ0n) is 18.1. The summed E-state index contributed by atoms with van der Waals surface area (Å²) in [6.07, 6.45) is -3.42. The SMILES string of the molecule is CO[C@H]1O[C@H](COC(=O)CCC(C(=O)[O-])C(=O)[O-])[C@@H](O)[C@H](O)[C@H]1O.N[C@@H]1CCCC[C@H]1N.[Pt+2]. The molecule has 1 heterocycles. The van der Waals surface area contributed by atoms with E-state index in [0.717, 1.165) is 12.8 Å². The maximum atomic E-state index is 11.5. The molecule has 7 atom stereocenters. The maximum absolute atomic E-state index is 11.5. The molecule has 13 nitrogen and oxygen atoms in total. The van der Waals surface area contributed by atoms with Crippen LogP contribution in [0.3, 0.4) is 0 Å². The van der Waals surface area contributed by atoms with Gasteiger partial charge < -0.3 is 60.8 Å². The molecule has 0 aromatic carbocycles. The van der Waals surface area contributed by atoms with Gasteiger partial charge in [0.25, 0.3) is 0 Å². The van der Waals surface area contributed by atoms with Crippen molar-refractivity contribution in [1.29, 1.82) is 0 Å². The third-order valence-electron chi connectivity index (χ3n) is 5.39. The minimum atomic E-state index is -1.95. The summed E-state index contributed by atoms with van der Waals surface area (Å²) < 4.78 is 14.6. The van der Waals surface area contributed by atoms with Crippen LogP contribution in [0.1, 0.15) is 38.5 Å². The fourth-order valence-corrected chi connectivity index (χ4v) is 3.28. The van der Waals surface area contributed by atoms with E-state index in [9.17, 15) is 39.9 Å². The number of aliphatic hydroxyl groups is 3. The van der Waals surface area contributed by atoms with Gasteiger partial charge >= 0.3 is 27.0 Å². The predicted octanol–water partition coefficient (Wildman–Crippen LogP) is -4.91. The molecule has 0 aromatic heterocycles. The van der Waals surface area contributed by atoms with E-state index in [0.29, 0.717) is 0 Å². The van der Waals surface area contributed by atoms with E-state index in [2.05, 4.69) is 0 Å². The number of hydrogen-bond acceptors (Lipinski definition) is 13. The average Bonchev–Trinajstić information content (AvgIpc) is 2.74. The van der Waals surface area contributed by atoms with Gasteiger partial charge in [-0.25, -0.2) is 0 Å². The van der Waals surface area contributed by atoms with Crippen LogP contribution in [0.4, 0.5) is 0 Å². The van der Waals surface area contributed by atoms with Crippen molar-refractivity contribution in [2.75, 3.05) is 13.7 Å². The molecule has 1 aliphatic heterocycles. The van der Waals surface area contributed by atoms with Crippen LogP contribution in [-0.4, -0.2) is 89.7 Å². The van der Waals surface area contributed by atoms with Crippen molar-refractivity contribution in [2.45, 2.75) is 81.3 Å². The summed E-state index contributed by atoms with van der Waals surface area (Å²) in [4.78, 5) is 32.6. The fraction of sp³-hybridized carbons (Fsp3) is 0.842. The van der Waals surface area contributed by atoms with Crippen molar-refractivity contribution < 1.29 is 75.2 Å². The normalized spacial score (nSPS) is 31.5. The first kappa shape index (κ1) is 31.8.